The summed E-state index contributed by atoms with van der Waals surface area (Å²) in [4.78, 5) is 7.27. The summed E-state index contributed by atoms with van der Waals surface area (Å²) in [6.45, 7) is 2.15. The summed E-state index contributed by atoms with van der Waals surface area (Å²) in [5.41, 5.74) is 3.06. The Hall–Kier alpha value is -2.30. The minimum atomic E-state index is 0.930. The Morgan fingerprint density at radius 1 is 1.05 bits per heavy atom. The Morgan fingerprint density at radius 2 is 1.90 bits per heavy atom. The van der Waals surface area contributed by atoms with Gasteiger partial charge in [-0.05, 0) is 31.4 Å². The smallest absolute Gasteiger partial charge is 0.142 e. The van der Waals surface area contributed by atoms with Crippen LogP contribution in [-0.4, -0.2) is 34.0 Å². The number of para-hydroxylation sites is 2. The maximum absolute atomic E-state index is 4.90. The third kappa shape index (κ3) is 1.86. The number of piperidine rings is 1. The Kier molecular flexibility index (Phi) is 2.69. The third-order valence-electron chi connectivity index (χ3n) is 3.93. The molecule has 1 saturated heterocycles. The van der Waals surface area contributed by atoms with Crippen molar-refractivity contribution in [1.29, 1.82) is 0 Å². The maximum atomic E-state index is 4.90. The predicted octanol–water partition coefficient (Wildman–Crippen LogP) is 3.03. The van der Waals surface area contributed by atoms with Crippen LogP contribution >= 0.6 is 0 Å². The van der Waals surface area contributed by atoms with Crippen molar-refractivity contribution in [2.45, 2.75) is 19.3 Å². The van der Waals surface area contributed by atoms with E-state index in [0.717, 1.165) is 41.7 Å². The first-order chi connectivity index (χ1) is 9.92. The maximum Gasteiger partial charge on any atom is 0.142 e. The van der Waals surface area contributed by atoms with Gasteiger partial charge in [0, 0.05) is 13.1 Å². The second kappa shape index (κ2) is 4.67. The van der Waals surface area contributed by atoms with Gasteiger partial charge in [0.15, 0.2) is 0 Å². The fourth-order valence-corrected chi connectivity index (χ4v) is 2.88. The number of rotatable bonds is 0. The Morgan fingerprint density at radius 3 is 2.80 bits per heavy atom. The molecule has 2 aliphatic heterocycles. The van der Waals surface area contributed by atoms with Crippen LogP contribution in [0.25, 0.3) is 0 Å². The molecule has 0 unspecified atom stereocenters. The van der Waals surface area contributed by atoms with Crippen molar-refractivity contribution in [2.75, 3.05) is 18.4 Å². The molecule has 0 saturated carbocycles. The molecule has 20 heavy (non-hydrogen) atoms. The number of aliphatic imine (C=N–C) groups is 1. The molecule has 5 heteroatoms. The van der Waals surface area contributed by atoms with E-state index in [2.05, 4.69) is 20.4 Å². The summed E-state index contributed by atoms with van der Waals surface area (Å²) in [7, 11) is 0. The van der Waals surface area contributed by atoms with Crippen LogP contribution in [0.15, 0.2) is 35.5 Å². The molecule has 5 nitrogen and oxygen atoms in total. The quantitative estimate of drug-likeness (QED) is 0.771. The van der Waals surface area contributed by atoms with E-state index in [1.165, 1.54) is 19.3 Å². The average molecular weight is 267 g/mol. The number of aromatic nitrogens is 2. The van der Waals surface area contributed by atoms with Crippen molar-refractivity contribution in [3.8, 4) is 0 Å². The van der Waals surface area contributed by atoms with Gasteiger partial charge in [0.25, 0.3) is 0 Å². The van der Waals surface area contributed by atoms with Gasteiger partial charge >= 0.3 is 0 Å². The van der Waals surface area contributed by atoms with Crippen LogP contribution in [0, 0.1) is 0 Å². The number of hydrogen-bond acceptors (Lipinski definition) is 4. The molecule has 102 valence electrons. The lowest BCUT2D eigenvalue weighted by Crippen LogP contribution is -2.36. The second-order valence-corrected chi connectivity index (χ2v) is 5.28. The molecule has 2 aliphatic rings. The number of fused-ring (bicyclic) bond motifs is 2. The minimum absolute atomic E-state index is 0.930. The van der Waals surface area contributed by atoms with Crippen molar-refractivity contribution in [2.24, 2.45) is 4.99 Å². The van der Waals surface area contributed by atoms with Crippen molar-refractivity contribution in [3.05, 3.63) is 36.0 Å². The van der Waals surface area contributed by atoms with Crippen LogP contribution in [0.1, 0.15) is 24.8 Å². The highest BCUT2D eigenvalue weighted by molar-refractivity contribution is 6.06. The van der Waals surface area contributed by atoms with Gasteiger partial charge in [-0.15, -0.1) is 0 Å². The van der Waals surface area contributed by atoms with Crippen molar-refractivity contribution < 1.29 is 0 Å². The van der Waals surface area contributed by atoms with Crippen LogP contribution in [-0.2, 0) is 0 Å². The Balaban J connectivity index is 1.84. The fourth-order valence-electron chi connectivity index (χ4n) is 2.88. The number of hydrogen-bond donors (Lipinski definition) is 2. The van der Waals surface area contributed by atoms with Crippen molar-refractivity contribution in [1.82, 2.24) is 15.1 Å². The summed E-state index contributed by atoms with van der Waals surface area (Å²) in [6, 6.07) is 8.13. The number of benzene rings is 1. The van der Waals surface area contributed by atoms with Gasteiger partial charge in [-0.2, -0.15) is 5.10 Å². The Bertz CT molecular complexity index is 652. The molecule has 1 aromatic carbocycles. The van der Waals surface area contributed by atoms with Gasteiger partial charge in [0.2, 0.25) is 0 Å². The molecule has 2 N–H and O–H groups in total. The topological polar surface area (TPSA) is 56.3 Å². The summed E-state index contributed by atoms with van der Waals surface area (Å²) < 4.78 is 0. The molecule has 1 fully saturated rings. The third-order valence-corrected chi connectivity index (χ3v) is 3.93. The zero-order chi connectivity index (χ0) is 13.4. The van der Waals surface area contributed by atoms with Gasteiger partial charge < -0.3 is 10.2 Å². The summed E-state index contributed by atoms with van der Waals surface area (Å²) in [6.07, 6.45) is 5.65. The molecule has 3 heterocycles. The summed E-state index contributed by atoms with van der Waals surface area (Å²) in [5.74, 6) is 1.96. The molecule has 1 aromatic heterocycles. The predicted molar refractivity (Wildman–Crippen MR) is 79.9 cm³/mol. The minimum Gasteiger partial charge on any atom is -0.356 e. The fraction of sp³-hybridized carbons (Fsp3) is 0.333. The van der Waals surface area contributed by atoms with Crippen molar-refractivity contribution >= 4 is 23.0 Å². The highest BCUT2D eigenvalue weighted by atomic mass is 15.2. The van der Waals surface area contributed by atoms with E-state index < -0.39 is 0 Å². The van der Waals surface area contributed by atoms with Crippen molar-refractivity contribution in [3.63, 3.8) is 0 Å². The largest absolute Gasteiger partial charge is 0.356 e. The van der Waals surface area contributed by atoms with E-state index in [-0.39, 0.29) is 0 Å². The van der Waals surface area contributed by atoms with Gasteiger partial charge in [0.1, 0.15) is 11.7 Å². The lowest BCUT2D eigenvalue weighted by molar-refractivity contribution is 0.343. The van der Waals surface area contributed by atoms with Crippen LogP contribution in [0.5, 0.6) is 0 Å². The second-order valence-electron chi connectivity index (χ2n) is 5.28. The summed E-state index contributed by atoms with van der Waals surface area (Å²) in [5, 5.41) is 10.6. The number of H-pyrrole nitrogens is 1. The zero-order valence-corrected chi connectivity index (χ0v) is 11.3. The van der Waals surface area contributed by atoms with Gasteiger partial charge in [-0.1, -0.05) is 12.1 Å². The van der Waals surface area contributed by atoms with E-state index in [0.29, 0.717) is 0 Å². The standard InChI is InChI=1S/C15H17N5/c1-4-8-20(9-5-1)15-11-10-16-19-14(11)17-12-6-2-3-7-13(12)18-15/h2-3,6-7,10H,1,4-5,8-9H2,(H2,16,17,19). The summed E-state index contributed by atoms with van der Waals surface area (Å²) >= 11 is 0. The van der Waals surface area contributed by atoms with Crippen LogP contribution in [0.3, 0.4) is 0 Å². The molecule has 0 aliphatic carbocycles. The van der Waals surface area contributed by atoms with E-state index in [4.69, 9.17) is 4.99 Å². The van der Waals surface area contributed by atoms with E-state index in [9.17, 15) is 0 Å². The molecule has 0 amide bonds. The molecular formula is C15H17N5. The molecule has 0 atom stereocenters. The molecule has 0 bridgehead atoms. The first-order valence-electron chi connectivity index (χ1n) is 7.15. The zero-order valence-electron chi connectivity index (χ0n) is 11.3. The van der Waals surface area contributed by atoms with Crippen LogP contribution < -0.4 is 5.32 Å². The Labute approximate surface area is 117 Å². The molecule has 2 aromatic rings. The van der Waals surface area contributed by atoms with Gasteiger partial charge in [-0.3, -0.25) is 5.10 Å². The molecule has 4 rings (SSSR count). The normalized spacial score (nSPS) is 17.6. The highest BCUT2D eigenvalue weighted by Crippen LogP contribution is 2.33. The lowest BCUT2D eigenvalue weighted by Gasteiger charge is -2.29. The highest BCUT2D eigenvalue weighted by Gasteiger charge is 2.23. The lowest BCUT2D eigenvalue weighted by atomic mass is 10.1. The van der Waals surface area contributed by atoms with Crippen LogP contribution in [0.2, 0.25) is 0 Å². The number of amidine groups is 1. The first-order valence-corrected chi connectivity index (χ1v) is 7.15. The molecule has 0 spiro atoms. The molecular weight excluding hydrogens is 250 g/mol. The number of anilines is 2. The number of likely N-dealkylation sites (tertiary alicyclic amines) is 1. The number of nitrogens with zero attached hydrogens (tertiary/aromatic N) is 3. The first kappa shape index (κ1) is 11.5. The monoisotopic (exact) mass is 267 g/mol. The molecule has 0 radical (unpaired) electrons. The average Bonchev–Trinajstić information content (AvgIpc) is 2.89. The number of nitrogens with one attached hydrogen (secondary N) is 2. The van der Waals surface area contributed by atoms with E-state index in [1.807, 2.05) is 30.5 Å². The van der Waals surface area contributed by atoms with E-state index in [1.54, 1.807) is 0 Å². The van der Waals surface area contributed by atoms with Gasteiger partial charge in [-0.25, -0.2) is 4.99 Å². The van der Waals surface area contributed by atoms with Crippen LogP contribution in [0.4, 0.5) is 17.2 Å². The number of aromatic amines is 1. The van der Waals surface area contributed by atoms with E-state index >= 15 is 0 Å². The van der Waals surface area contributed by atoms with Gasteiger partial charge in [0.05, 0.1) is 23.1 Å². The SMILES string of the molecule is c1ccc2c(c1)N=C(N1CCCCC1)c1cn[nH]c1N2.